The first-order valence-corrected chi connectivity index (χ1v) is 10.5. The van der Waals surface area contributed by atoms with Crippen LogP contribution >= 0.6 is 0 Å². The van der Waals surface area contributed by atoms with Crippen LogP contribution in [-0.4, -0.2) is 35.8 Å². The smallest absolute Gasteiger partial charge is 0.338 e. The zero-order chi connectivity index (χ0) is 22.9. The van der Waals surface area contributed by atoms with Crippen LogP contribution < -0.4 is 9.64 Å². The van der Waals surface area contributed by atoms with Gasteiger partial charge in [-0.3, -0.25) is 14.8 Å². The molecule has 0 saturated heterocycles. The monoisotopic (exact) mass is 443 g/mol. The van der Waals surface area contributed by atoms with Crippen molar-refractivity contribution in [2.24, 2.45) is 0 Å². The summed E-state index contributed by atoms with van der Waals surface area (Å²) in [6.07, 6.45) is 1.58. The van der Waals surface area contributed by atoms with Gasteiger partial charge in [-0.05, 0) is 61.0 Å². The number of hydrogen-bond acceptors (Lipinski definition) is 6. The predicted molar refractivity (Wildman–Crippen MR) is 120 cm³/mol. The molecule has 1 atom stereocenters. The minimum Gasteiger partial charge on any atom is -0.497 e. The highest BCUT2D eigenvalue weighted by Crippen LogP contribution is 2.45. The summed E-state index contributed by atoms with van der Waals surface area (Å²) in [5, 5.41) is 7.28. The van der Waals surface area contributed by atoms with Gasteiger partial charge in [0.25, 0.3) is 5.91 Å². The second-order valence-corrected chi connectivity index (χ2v) is 7.46. The van der Waals surface area contributed by atoms with E-state index in [9.17, 15) is 9.59 Å². The van der Waals surface area contributed by atoms with Gasteiger partial charge in [-0.15, -0.1) is 0 Å². The average Bonchev–Trinajstić information content (AvgIpc) is 3.57. The Balaban J connectivity index is 1.62. The normalized spacial score (nSPS) is 14.9. The van der Waals surface area contributed by atoms with Gasteiger partial charge in [0.05, 0.1) is 31.6 Å². The topological polar surface area (TPSA) is 97.7 Å². The molecule has 0 spiro atoms. The lowest BCUT2D eigenvalue weighted by Gasteiger charge is -2.26. The van der Waals surface area contributed by atoms with Crippen LogP contribution in [0.4, 0.5) is 5.69 Å². The Morgan fingerprint density at radius 3 is 2.52 bits per heavy atom. The van der Waals surface area contributed by atoms with E-state index in [1.165, 1.54) is 0 Å². The fraction of sp³-hybridized carbons (Fsp3) is 0.160. The molecule has 3 heterocycles. The summed E-state index contributed by atoms with van der Waals surface area (Å²) in [4.78, 5) is 27.2. The Labute approximate surface area is 189 Å². The van der Waals surface area contributed by atoms with E-state index in [0.29, 0.717) is 40.8 Å². The Kier molecular flexibility index (Phi) is 5.18. The van der Waals surface area contributed by atoms with Crippen LogP contribution in [0.15, 0.2) is 71.3 Å². The van der Waals surface area contributed by atoms with Gasteiger partial charge < -0.3 is 13.9 Å². The molecule has 0 aliphatic carbocycles. The number of fused-ring (bicyclic) bond motifs is 1. The van der Waals surface area contributed by atoms with Crippen molar-refractivity contribution in [3.8, 4) is 17.2 Å². The number of hydrogen-bond donors (Lipinski definition) is 1. The molecular weight excluding hydrogens is 422 g/mol. The molecule has 33 heavy (non-hydrogen) atoms. The number of carbonyl (C=O) groups is 2. The number of ether oxygens (including phenoxy) is 2. The van der Waals surface area contributed by atoms with Crippen LogP contribution in [0, 0.1) is 0 Å². The number of carbonyl (C=O) groups excluding carboxylic acids is 2. The van der Waals surface area contributed by atoms with Crippen LogP contribution in [0.1, 0.15) is 44.9 Å². The first-order chi connectivity index (χ1) is 16.1. The summed E-state index contributed by atoms with van der Waals surface area (Å²) in [5.74, 6) is 0.655. The molecule has 1 aliphatic rings. The summed E-state index contributed by atoms with van der Waals surface area (Å²) in [6, 6.07) is 17.5. The maximum atomic E-state index is 13.5. The number of rotatable bonds is 6. The van der Waals surface area contributed by atoms with Crippen LogP contribution in [0.3, 0.4) is 0 Å². The van der Waals surface area contributed by atoms with E-state index in [0.717, 1.165) is 11.1 Å². The Morgan fingerprint density at radius 1 is 1.12 bits per heavy atom. The molecule has 1 N–H and O–H groups in total. The first-order valence-electron chi connectivity index (χ1n) is 10.5. The SMILES string of the molecule is CCOC(=O)c1ccc(N2C(=O)c3n[nH]c(-c4ccco4)c3[C@@H]2c2ccc(OC)cc2)cc1. The summed E-state index contributed by atoms with van der Waals surface area (Å²) < 4.78 is 16.0. The molecule has 5 rings (SSSR count). The van der Waals surface area contributed by atoms with E-state index < -0.39 is 12.0 Å². The lowest BCUT2D eigenvalue weighted by Crippen LogP contribution is -2.29. The molecule has 0 radical (unpaired) electrons. The van der Waals surface area contributed by atoms with Crippen molar-refractivity contribution in [1.82, 2.24) is 10.2 Å². The third-order valence-electron chi connectivity index (χ3n) is 5.61. The number of nitrogens with one attached hydrogen (secondary N) is 1. The number of anilines is 1. The number of amides is 1. The van der Waals surface area contributed by atoms with E-state index in [1.807, 2.05) is 30.3 Å². The molecule has 2 aromatic heterocycles. The van der Waals surface area contributed by atoms with Crippen LogP contribution in [0.25, 0.3) is 11.5 Å². The van der Waals surface area contributed by atoms with Crippen molar-refractivity contribution in [2.45, 2.75) is 13.0 Å². The quantitative estimate of drug-likeness (QED) is 0.437. The Morgan fingerprint density at radius 2 is 1.88 bits per heavy atom. The standard InChI is InChI=1S/C25H21N3O5/c1-3-32-25(30)16-6-10-17(11-7-16)28-23(15-8-12-18(31-2)13-9-15)20-21(19-5-4-14-33-19)26-27-22(20)24(28)29/h4-14,23H,3H2,1-2H3,(H,26,27)/t23-/m0/s1. The molecule has 0 bridgehead atoms. The Hall–Kier alpha value is -4.33. The second-order valence-electron chi connectivity index (χ2n) is 7.46. The average molecular weight is 443 g/mol. The maximum Gasteiger partial charge on any atom is 0.338 e. The molecule has 0 saturated carbocycles. The van der Waals surface area contributed by atoms with Crippen molar-refractivity contribution in [2.75, 3.05) is 18.6 Å². The van der Waals surface area contributed by atoms with Gasteiger partial charge in [-0.2, -0.15) is 5.10 Å². The number of aromatic amines is 1. The number of nitrogens with zero attached hydrogens (tertiary/aromatic N) is 2. The van der Waals surface area contributed by atoms with Crippen molar-refractivity contribution in [3.63, 3.8) is 0 Å². The molecule has 2 aromatic carbocycles. The van der Waals surface area contributed by atoms with E-state index in [2.05, 4.69) is 10.2 Å². The maximum absolute atomic E-state index is 13.5. The highest BCUT2D eigenvalue weighted by Gasteiger charge is 2.43. The number of H-pyrrole nitrogens is 1. The fourth-order valence-electron chi connectivity index (χ4n) is 4.09. The highest BCUT2D eigenvalue weighted by atomic mass is 16.5. The zero-order valence-electron chi connectivity index (χ0n) is 18.1. The van der Waals surface area contributed by atoms with E-state index in [-0.39, 0.29) is 5.91 Å². The van der Waals surface area contributed by atoms with E-state index in [4.69, 9.17) is 13.9 Å². The molecule has 166 valence electrons. The minimum atomic E-state index is -0.453. The Bertz CT molecular complexity index is 1290. The summed E-state index contributed by atoms with van der Waals surface area (Å²) >= 11 is 0. The van der Waals surface area contributed by atoms with Gasteiger partial charge in [-0.25, -0.2) is 4.79 Å². The van der Waals surface area contributed by atoms with Gasteiger partial charge in [0.15, 0.2) is 11.5 Å². The van der Waals surface area contributed by atoms with E-state index >= 15 is 0 Å². The third-order valence-corrected chi connectivity index (χ3v) is 5.61. The van der Waals surface area contributed by atoms with Crippen molar-refractivity contribution in [3.05, 3.63) is 89.3 Å². The molecule has 0 fully saturated rings. The van der Waals surface area contributed by atoms with Crippen LogP contribution in [0.5, 0.6) is 5.75 Å². The second kappa shape index (κ2) is 8.31. The van der Waals surface area contributed by atoms with Gasteiger partial charge in [0, 0.05) is 11.3 Å². The summed E-state index contributed by atoms with van der Waals surface area (Å²) in [7, 11) is 1.61. The number of methoxy groups -OCH3 is 1. The third kappa shape index (κ3) is 3.45. The molecule has 0 unspecified atom stereocenters. The molecule has 1 amide bonds. The minimum absolute atomic E-state index is 0.247. The highest BCUT2D eigenvalue weighted by molar-refractivity contribution is 6.11. The van der Waals surface area contributed by atoms with Gasteiger partial charge >= 0.3 is 5.97 Å². The van der Waals surface area contributed by atoms with Gasteiger partial charge in [0.2, 0.25) is 0 Å². The lowest BCUT2D eigenvalue weighted by molar-refractivity contribution is 0.0526. The van der Waals surface area contributed by atoms with E-state index in [1.54, 1.807) is 55.5 Å². The lowest BCUT2D eigenvalue weighted by atomic mass is 9.97. The number of aromatic nitrogens is 2. The zero-order valence-corrected chi connectivity index (χ0v) is 18.1. The number of benzene rings is 2. The van der Waals surface area contributed by atoms with Crippen molar-refractivity contribution in [1.29, 1.82) is 0 Å². The van der Waals surface area contributed by atoms with Crippen molar-refractivity contribution < 1.29 is 23.5 Å². The largest absolute Gasteiger partial charge is 0.497 e. The van der Waals surface area contributed by atoms with Gasteiger partial charge in [-0.1, -0.05) is 12.1 Å². The molecule has 1 aliphatic heterocycles. The van der Waals surface area contributed by atoms with Crippen LogP contribution in [0.2, 0.25) is 0 Å². The van der Waals surface area contributed by atoms with Gasteiger partial charge in [0.1, 0.15) is 11.4 Å². The summed E-state index contributed by atoms with van der Waals surface area (Å²) in [6.45, 7) is 2.05. The number of esters is 1. The first kappa shape index (κ1) is 20.6. The number of furan rings is 1. The molecule has 4 aromatic rings. The molecular formula is C25H21N3O5. The molecule has 8 heteroatoms. The van der Waals surface area contributed by atoms with Crippen LogP contribution in [-0.2, 0) is 4.74 Å². The molecule has 8 nitrogen and oxygen atoms in total. The summed E-state index contributed by atoms with van der Waals surface area (Å²) in [5.41, 5.74) is 3.65. The predicted octanol–water partition coefficient (Wildman–Crippen LogP) is 4.60. The van der Waals surface area contributed by atoms with Crippen molar-refractivity contribution >= 4 is 17.6 Å². The fourth-order valence-corrected chi connectivity index (χ4v) is 4.09.